The molecular formula is C24H21ClN8O4S. The topological polar surface area (TPSA) is 160 Å². The first-order chi connectivity index (χ1) is 18.2. The first-order valence-corrected chi connectivity index (χ1v) is 11.9. The van der Waals surface area contributed by atoms with Crippen molar-refractivity contribution in [1.82, 2.24) is 35.3 Å². The summed E-state index contributed by atoms with van der Waals surface area (Å²) in [5.41, 5.74) is 2.27. The number of benzene rings is 2. The van der Waals surface area contributed by atoms with Crippen LogP contribution in [0, 0.1) is 4.64 Å². The molecule has 1 atom stereocenters. The average molecular weight is 553 g/mol. The predicted octanol–water partition coefficient (Wildman–Crippen LogP) is 2.79. The lowest BCUT2D eigenvalue weighted by Crippen LogP contribution is -2.44. The molecule has 0 aliphatic heterocycles. The molecule has 4 N–H and O–H groups in total. The summed E-state index contributed by atoms with van der Waals surface area (Å²) in [6, 6.07) is 11.4. The van der Waals surface area contributed by atoms with Gasteiger partial charge >= 0.3 is 5.97 Å². The third-order valence-electron chi connectivity index (χ3n) is 5.40. The fourth-order valence-electron chi connectivity index (χ4n) is 3.53. The molecule has 38 heavy (non-hydrogen) atoms. The first-order valence-electron chi connectivity index (χ1n) is 11.1. The van der Waals surface area contributed by atoms with Crippen LogP contribution in [-0.4, -0.2) is 58.9 Å². The number of amides is 2. The van der Waals surface area contributed by atoms with Crippen molar-refractivity contribution in [3.8, 4) is 5.69 Å². The van der Waals surface area contributed by atoms with Crippen LogP contribution in [0.25, 0.3) is 11.8 Å². The van der Waals surface area contributed by atoms with Crippen LogP contribution in [0.5, 0.6) is 0 Å². The van der Waals surface area contributed by atoms with Crippen LogP contribution < -0.4 is 10.6 Å². The molecule has 0 unspecified atom stereocenters. The van der Waals surface area contributed by atoms with Gasteiger partial charge in [-0.05, 0) is 65.0 Å². The molecule has 194 valence electrons. The van der Waals surface area contributed by atoms with E-state index in [1.807, 2.05) is 0 Å². The van der Waals surface area contributed by atoms with E-state index in [1.54, 1.807) is 36.0 Å². The number of carbonyl (C=O) groups excluding carboxylic acids is 2. The number of hydrogen-bond acceptors (Lipinski definition) is 7. The second-order valence-electron chi connectivity index (χ2n) is 8.11. The Balaban J connectivity index is 1.54. The molecule has 12 nitrogen and oxygen atoms in total. The molecule has 0 bridgehead atoms. The summed E-state index contributed by atoms with van der Waals surface area (Å²) in [4.78, 5) is 37.1. The average Bonchev–Trinajstić information content (AvgIpc) is 3.52. The Bertz CT molecular complexity index is 1560. The number of aromatic carboxylic acids is 1. The molecule has 4 aromatic rings. The summed E-state index contributed by atoms with van der Waals surface area (Å²) in [5.74, 6) is -2.12. The fraction of sp³-hybridized carbons (Fsp3) is 0.125. The van der Waals surface area contributed by atoms with Crippen LogP contribution in [0.4, 0.5) is 5.69 Å². The van der Waals surface area contributed by atoms with Crippen LogP contribution in [-0.2, 0) is 23.1 Å². The quantitative estimate of drug-likeness (QED) is 0.182. The number of nitrogens with zero attached hydrogens (tertiary/aromatic N) is 5. The molecule has 0 aliphatic rings. The van der Waals surface area contributed by atoms with E-state index in [0.29, 0.717) is 32.3 Å². The summed E-state index contributed by atoms with van der Waals surface area (Å²) >= 11 is 11.4. The zero-order chi connectivity index (χ0) is 27.2. The Morgan fingerprint density at radius 3 is 2.58 bits per heavy atom. The Labute approximate surface area is 225 Å². The van der Waals surface area contributed by atoms with Crippen molar-refractivity contribution in [2.45, 2.75) is 12.5 Å². The van der Waals surface area contributed by atoms with Crippen molar-refractivity contribution in [2.75, 3.05) is 5.32 Å². The number of rotatable bonds is 9. The van der Waals surface area contributed by atoms with Gasteiger partial charge < -0.3 is 20.8 Å². The lowest BCUT2D eigenvalue weighted by Gasteiger charge is -2.17. The second-order valence-corrected chi connectivity index (χ2v) is 8.96. The molecule has 0 spiro atoms. The van der Waals surface area contributed by atoms with E-state index in [-0.39, 0.29) is 12.0 Å². The van der Waals surface area contributed by atoms with Crippen molar-refractivity contribution >= 4 is 53.4 Å². The van der Waals surface area contributed by atoms with E-state index in [4.69, 9.17) is 28.9 Å². The number of nitrogens with one attached hydrogen (secondary N) is 3. The molecule has 0 saturated carbocycles. The number of carboxylic acid groups (broad SMARTS) is 1. The van der Waals surface area contributed by atoms with E-state index < -0.39 is 23.8 Å². The number of anilines is 1. The molecule has 2 aromatic heterocycles. The third-order valence-corrected chi connectivity index (χ3v) is 6.02. The zero-order valence-electron chi connectivity index (χ0n) is 19.8. The van der Waals surface area contributed by atoms with Gasteiger partial charge in [-0.15, -0.1) is 5.10 Å². The molecule has 2 amide bonds. The number of tetrazole rings is 1. The Kier molecular flexibility index (Phi) is 8.09. The van der Waals surface area contributed by atoms with Gasteiger partial charge in [0.05, 0.1) is 11.3 Å². The third kappa shape index (κ3) is 6.57. The van der Waals surface area contributed by atoms with E-state index in [2.05, 4.69) is 31.3 Å². The maximum atomic E-state index is 13.1. The smallest absolute Gasteiger partial charge is 0.335 e. The molecule has 14 heteroatoms. The number of aryl methyl sites for hydroxylation is 1. The molecule has 0 aliphatic carbocycles. The zero-order valence-corrected chi connectivity index (χ0v) is 21.4. The Hall–Kier alpha value is -4.62. The Morgan fingerprint density at radius 2 is 1.95 bits per heavy atom. The highest BCUT2D eigenvalue weighted by molar-refractivity contribution is 7.71. The minimum Gasteiger partial charge on any atom is -0.478 e. The minimum absolute atomic E-state index is 0.0805. The summed E-state index contributed by atoms with van der Waals surface area (Å²) < 4.78 is 3.58. The standard InChI is InChI=1S/C24H21ClN8O4S/c1-32-22(38)12-18(29-32)11-19(23(35)27-17-6-2-14(3-7-17)24(36)37)28-21(34)9-4-15-10-16(25)5-8-20(15)33-13-26-30-31-33/h2-10,12-13,19,29H,11H2,1H3,(H,27,35)(H,28,34)(H,36,37)/b9-4+/t19-/m0/s1. The van der Waals surface area contributed by atoms with Crippen molar-refractivity contribution in [3.05, 3.63) is 87.4 Å². The number of aromatic nitrogens is 6. The van der Waals surface area contributed by atoms with Gasteiger partial charge in [0.1, 0.15) is 17.0 Å². The van der Waals surface area contributed by atoms with Crippen LogP contribution in [0.3, 0.4) is 0 Å². The van der Waals surface area contributed by atoms with Crippen LogP contribution in [0.1, 0.15) is 21.6 Å². The van der Waals surface area contributed by atoms with Gasteiger partial charge in [-0.25, -0.2) is 4.79 Å². The Morgan fingerprint density at radius 1 is 1.18 bits per heavy atom. The first kappa shape index (κ1) is 26.4. The lowest BCUT2D eigenvalue weighted by molar-refractivity contribution is -0.123. The molecular weight excluding hydrogens is 532 g/mol. The van der Waals surface area contributed by atoms with Crippen molar-refractivity contribution in [2.24, 2.45) is 7.05 Å². The molecule has 0 saturated heterocycles. The van der Waals surface area contributed by atoms with E-state index in [0.717, 1.165) is 0 Å². The van der Waals surface area contributed by atoms with E-state index in [1.165, 1.54) is 47.4 Å². The molecule has 0 fully saturated rings. The number of carboxylic acids is 1. The van der Waals surface area contributed by atoms with Gasteiger partial charge in [0, 0.05) is 41.5 Å². The number of H-pyrrole nitrogens is 1. The van der Waals surface area contributed by atoms with Gasteiger partial charge in [0.15, 0.2) is 0 Å². The largest absolute Gasteiger partial charge is 0.478 e. The monoisotopic (exact) mass is 552 g/mol. The number of halogens is 1. The van der Waals surface area contributed by atoms with Crippen molar-refractivity contribution < 1.29 is 19.5 Å². The molecule has 4 rings (SSSR count). The maximum Gasteiger partial charge on any atom is 0.335 e. The van der Waals surface area contributed by atoms with E-state index in [9.17, 15) is 14.4 Å². The highest BCUT2D eigenvalue weighted by Crippen LogP contribution is 2.20. The van der Waals surface area contributed by atoms with Crippen LogP contribution in [0.15, 0.2) is 60.9 Å². The summed E-state index contributed by atoms with van der Waals surface area (Å²) in [5, 5.41) is 29.1. The normalized spacial score (nSPS) is 11.8. The number of carbonyl (C=O) groups is 3. The molecule has 2 aromatic carbocycles. The summed E-state index contributed by atoms with van der Waals surface area (Å²) in [7, 11) is 1.74. The lowest BCUT2D eigenvalue weighted by atomic mass is 10.1. The molecule has 0 radical (unpaired) electrons. The van der Waals surface area contributed by atoms with Gasteiger partial charge in [-0.3, -0.25) is 14.3 Å². The highest BCUT2D eigenvalue weighted by Gasteiger charge is 2.22. The fourth-order valence-corrected chi connectivity index (χ4v) is 3.90. The van der Waals surface area contributed by atoms with E-state index >= 15 is 0 Å². The van der Waals surface area contributed by atoms with Gasteiger partial charge in [-0.1, -0.05) is 23.8 Å². The molecule has 2 heterocycles. The SMILES string of the molecule is Cn1[nH]c(C[C@H](NC(=O)/C=C/c2cc(Cl)ccc2-n2cnnn2)C(=O)Nc2ccc(C(=O)O)cc2)cc1=S. The van der Waals surface area contributed by atoms with Crippen LogP contribution in [0.2, 0.25) is 5.02 Å². The van der Waals surface area contributed by atoms with Crippen molar-refractivity contribution in [1.29, 1.82) is 0 Å². The second kappa shape index (κ2) is 11.6. The minimum atomic E-state index is -1.08. The van der Waals surface area contributed by atoms with Gasteiger partial charge in [0.2, 0.25) is 11.8 Å². The summed E-state index contributed by atoms with van der Waals surface area (Å²) in [6.45, 7) is 0. The van der Waals surface area contributed by atoms with Crippen molar-refractivity contribution in [3.63, 3.8) is 0 Å². The maximum absolute atomic E-state index is 13.1. The highest BCUT2D eigenvalue weighted by atomic mass is 35.5. The summed E-state index contributed by atoms with van der Waals surface area (Å²) in [6.07, 6.45) is 4.34. The number of aromatic amines is 1. The van der Waals surface area contributed by atoms with Gasteiger partial charge in [0.25, 0.3) is 0 Å². The van der Waals surface area contributed by atoms with Gasteiger partial charge in [-0.2, -0.15) is 4.68 Å². The number of hydrogen-bond donors (Lipinski definition) is 4. The van der Waals surface area contributed by atoms with Crippen LogP contribution >= 0.6 is 23.8 Å². The predicted molar refractivity (Wildman–Crippen MR) is 141 cm³/mol.